The topological polar surface area (TPSA) is 86.7 Å². The summed E-state index contributed by atoms with van der Waals surface area (Å²) in [4.78, 5) is 0. The number of nitrogens with two attached hydrogens (primary N) is 1. The summed E-state index contributed by atoms with van der Waals surface area (Å²) in [6.07, 6.45) is -0.880. The second-order valence-corrected chi connectivity index (χ2v) is 1.73. The van der Waals surface area contributed by atoms with Crippen molar-refractivity contribution in [1.29, 1.82) is 0 Å². The fourth-order valence-corrected chi connectivity index (χ4v) is 0.249. The van der Waals surface area contributed by atoms with Crippen LogP contribution >= 0.6 is 0 Å². The molecule has 0 saturated heterocycles. The van der Waals surface area contributed by atoms with E-state index in [2.05, 4.69) is 0 Å². The SMILES string of the molecule is C[C@@H](O)[C@H](N)B(O)O. The molecule has 48 valence electrons. The van der Waals surface area contributed by atoms with Gasteiger partial charge in [-0.25, -0.2) is 0 Å². The highest BCUT2D eigenvalue weighted by Crippen LogP contribution is 1.87. The first-order valence-electron chi connectivity index (χ1n) is 2.35. The lowest BCUT2D eigenvalue weighted by molar-refractivity contribution is 0.173. The smallest absolute Gasteiger partial charge is 0.426 e. The van der Waals surface area contributed by atoms with E-state index in [1.165, 1.54) is 6.92 Å². The molecule has 2 atom stereocenters. The Labute approximate surface area is 48.1 Å². The molecule has 0 aromatic heterocycles. The van der Waals surface area contributed by atoms with Gasteiger partial charge in [0.15, 0.2) is 0 Å². The first-order chi connectivity index (χ1) is 3.55. The average molecular weight is 119 g/mol. The van der Waals surface area contributed by atoms with Gasteiger partial charge < -0.3 is 20.9 Å². The Hall–Kier alpha value is -0.0951. The average Bonchev–Trinajstić information content (AvgIpc) is 1.64. The minimum atomic E-state index is -1.63. The predicted octanol–water partition coefficient (Wildman–Crippen LogP) is -2.29. The Bertz CT molecular complexity index is 59.5. The Morgan fingerprint density at radius 1 is 1.50 bits per heavy atom. The fourth-order valence-electron chi connectivity index (χ4n) is 0.249. The molecule has 0 aromatic carbocycles. The van der Waals surface area contributed by atoms with Gasteiger partial charge in [0.25, 0.3) is 0 Å². The minimum Gasteiger partial charge on any atom is -0.426 e. The molecule has 0 aliphatic heterocycles. The van der Waals surface area contributed by atoms with Crippen LogP contribution in [0.5, 0.6) is 0 Å². The van der Waals surface area contributed by atoms with E-state index in [-0.39, 0.29) is 0 Å². The van der Waals surface area contributed by atoms with Crippen LogP contribution in [0.2, 0.25) is 0 Å². The molecule has 0 rings (SSSR count). The molecule has 0 spiro atoms. The van der Waals surface area contributed by atoms with E-state index in [0.717, 1.165) is 0 Å². The van der Waals surface area contributed by atoms with Crippen LogP contribution in [0.1, 0.15) is 6.92 Å². The van der Waals surface area contributed by atoms with E-state index >= 15 is 0 Å². The van der Waals surface area contributed by atoms with Crippen molar-refractivity contribution in [2.45, 2.75) is 19.0 Å². The third-order valence-electron chi connectivity index (χ3n) is 0.901. The first-order valence-corrected chi connectivity index (χ1v) is 2.35. The van der Waals surface area contributed by atoms with Gasteiger partial charge in [0.2, 0.25) is 0 Å². The van der Waals surface area contributed by atoms with Gasteiger partial charge >= 0.3 is 7.12 Å². The molecule has 0 radical (unpaired) electrons. The summed E-state index contributed by atoms with van der Waals surface area (Å²) in [5, 5.41) is 25.1. The van der Waals surface area contributed by atoms with E-state index in [0.29, 0.717) is 0 Å². The van der Waals surface area contributed by atoms with Gasteiger partial charge in [-0.1, -0.05) is 0 Å². The fraction of sp³-hybridized carbons (Fsp3) is 1.00. The van der Waals surface area contributed by atoms with Crippen LogP contribution in [0.3, 0.4) is 0 Å². The molecule has 0 unspecified atom stereocenters. The highest BCUT2D eigenvalue weighted by molar-refractivity contribution is 6.43. The maximum absolute atomic E-state index is 8.55. The predicted molar refractivity (Wildman–Crippen MR) is 29.8 cm³/mol. The van der Waals surface area contributed by atoms with Crippen molar-refractivity contribution in [2.75, 3.05) is 0 Å². The molecule has 0 heterocycles. The van der Waals surface area contributed by atoms with Gasteiger partial charge in [-0.15, -0.1) is 0 Å². The molecule has 4 nitrogen and oxygen atoms in total. The minimum absolute atomic E-state index is 0.880. The van der Waals surface area contributed by atoms with Crippen LogP contribution in [-0.4, -0.2) is 34.3 Å². The van der Waals surface area contributed by atoms with Crippen LogP contribution in [-0.2, 0) is 0 Å². The molecule has 0 amide bonds. The molecule has 0 saturated carbocycles. The molecule has 0 bridgehead atoms. The maximum atomic E-state index is 8.55. The van der Waals surface area contributed by atoms with Crippen LogP contribution in [0.15, 0.2) is 0 Å². The molecule has 5 heteroatoms. The summed E-state index contributed by atoms with van der Waals surface area (Å²) < 4.78 is 0. The van der Waals surface area contributed by atoms with E-state index in [1.807, 2.05) is 0 Å². The van der Waals surface area contributed by atoms with Crippen LogP contribution < -0.4 is 5.73 Å². The van der Waals surface area contributed by atoms with Gasteiger partial charge in [-0.2, -0.15) is 0 Å². The van der Waals surface area contributed by atoms with Crippen LogP contribution in [0, 0.1) is 0 Å². The Morgan fingerprint density at radius 2 is 1.88 bits per heavy atom. The molecule has 0 fully saturated rings. The second-order valence-electron chi connectivity index (χ2n) is 1.73. The number of aliphatic hydroxyl groups is 1. The zero-order valence-corrected chi connectivity index (χ0v) is 4.65. The molecule has 0 aliphatic carbocycles. The standard InChI is InChI=1S/C3H10BNO3/c1-2(6)3(5)4(7)8/h2-3,6-8H,5H2,1H3/t2-,3+/m1/s1. The molecular formula is C3H10BNO3. The quantitative estimate of drug-likeness (QED) is 0.308. The van der Waals surface area contributed by atoms with E-state index < -0.39 is 19.2 Å². The lowest BCUT2D eigenvalue weighted by Crippen LogP contribution is -2.46. The van der Waals surface area contributed by atoms with Gasteiger partial charge in [-0.05, 0) is 6.92 Å². The second kappa shape index (κ2) is 3.04. The number of hydrogen-bond acceptors (Lipinski definition) is 4. The van der Waals surface area contributed by atoms with Gasteiger partial charge in [-0.3, -0.25) is 0 Å². The summed E-state index contributed by atoms with van der Waals surface area (Å²) >= 11 is 0. The Morgan fingerprint density at radius 3 is 1.88 bits per heavy atom. The lowest BCUT2D eigenvalue weighted by atomic mass is 9.77. The normalized spacial score (nSPS) is 17.6. The summed E-state index contributed by atoms with van der Waals surface area (Å²) in [6, 6.07) is 0. The number of aliphatic hydroxyl groups excluding tert-OH is 1. The number of hydrogen-bond donors (Lipinski definition) is 4. The molecule has 5 N–H and O–H groups in total. The zero-order valence-electron chi connectivity index (χ0n) is 4.65. The third kappa shape index (κ3) is 2.27. The molecule has 8 heavy (non-hydrogen) atoms. The van der Waals surface area contributed by atoms with Crippen molar-refractivity contribution >= 4 is 7.12 Å². The van der Waals surface area contributed by atoms with E-state index in [4.69, 9.17) is 20.9 Å². The third-order valence-corrected chi connectivity index (χ3v) is 0.901. The van der Waals surface area contributed by atoms with Crippen LogP contribution in [0.4, 0.5) is 0 Å². The van der Waals surface area contributed by atoms with Crippen molar-refractivity contribution in [2.24, 2.45) is 5.73 Å². The monoisotopic (exact) mass is 119 g/mol. The molecular weight excluding hydrogens is 109 g/mol. The molecule has 0 aliphatic rings. The zero-order chi connectivity index (χ0) is 6.73. The summed E-state index contributed by atoms with van der Waals surface area (Å²) in [5.74, 6) is -0.963. The number of rotatable bonds is 2. The summed E-state index contributed by atoms with van der Waals surface area (Å²) in [7, 11) is -1.63. The van der Waals surface area contributed by atoms with Gasteiger partial charge in [0.1, 0.15) is 0 Å². The van der Waals surface area contributed by atoms with Crippen molar-refractivity contribution in [1.82, 2.24) is 0 Å². The van der Waals surface area contributed by atoms with E-state index in [9.17, 15) is 0 Å². The highest BCUT2D eigenvalue weighted by Gasteiger charge is 2.22. The van der Waals surface area contributed by atoms with Crippen LogP contribution in [0.25, 0.3) is 0 Å². The van der Waals surface area contributed by atoms with Crippen molar-refractivity contribution < 1.29 is 15.2 Å². The Balaban J connectivity index is 3.46. The molecule has 0 aromatic rings. The van der Waals surface area contributed by atoms with Gasteiger partial charge in [0, 0.05) is 0 Å². The van der Waals surface area contributed by atoms with Crippen molar-refractivity contribution in [3.63, 3.8) is 0 Å². The summed E-state index contributed by atoms with van der Waals surface area (Å²) in [6.45, 7) is 1.39. The Kier molecular flexibility index (Phi) is 3.00. The largest absolute Gasteiger partial charge is 0.472 e. The first kappa shape index (κ1) is 7.90. The highest BCUT2D eigenvalue weighted by atomic mass is 16.4. The summed E-state index contributed by atoms with van der Waals surface area (Å²) in [5.41, 5.74) is 5.01. The van der Waals surface area contributed by atoms with Gasteiger partial charge in [0.05, 0.1) is 12.0 Å². The van der Waals surface area contributed by atoms with Crippen molar-refractivity contribution in [3.05, 3.63) is 0 Å². The lowest BCUT2D eigenvalue weighted by Gasteiger charge is -2.11. The maximum Gasteiger partial charge on any atom is 0.472 e. The van der Waals surface area contributed by atoms with Crippen molar-refractivity contribution in [3.8, 4) is 0 Å². The van der Waals surface area contributed by atoms with E-state index in [1.54, 1.807) is 0 Å².